The first kappa shape index (κ1) is 23.0. The second-order valence-corrected chi connectivity index (χ2v) is 11.7. The Hall–Kier alpha value is -5.66. The van der Waals surface area contributed by atoms with E-state index in [0.29, 0.717) is 0 Å². The molecule has 0 aliphatic heterocycles. The molecule has 1 heterocycles. The molecule has 1 heteroatoms. The van der Waals surface area contributed by atoms with Crippen LogP contribution in [0.4, 0.5) is 0 Å². The summed E-state index contributed by atoms with van der Waals surface area (Å²) in [6, 6.07) is 53.2. The molecule has 0 aliphatic carbocycles. The molecule has 10 aromatic rings. The van der Waals surface area contributed by atoms with E-state index in [1.807, 2.05) is 0 Å². The molecule has 0 N–H and O–H groups in total. The number of hydrogen-bond donors (Lipinski definition) is 0. The van der Waals surface area contributed by atoms with E-state index in [4.69, 9.17) is 4.42 Å². The normalized spacial score (nSPS) is 12.2. The summed E-state index contributed by atoms with van der Waals surface area (Å²) in [5, 5.41) is 15.2. The summed E-state index contributed by atoms with van der Waals surface area (Å²) in [6.07, 6.45) is 0. The molecule has 0 unspecified atom stereocenters. The van der Waals surface area contributed by atoms with Crippen LogP contribution in [0.5, 0.6) is 0 Å². The van der Waals surface area contributed by atoms with Crippen molar-refractivity contribution in [3.63, 3.8) is 0 Å². The van der Waals surface area contributed by atoms with E-state index in [1.54, 1.807) is 0 Å². The van der Waals surface area contributed by atoms with E-state index in [1.165, 1.54) is 76.1 Å². The molecule has 0 spiro atoms. The van der Waals surface area contributed by atoms with Crippen LogP contribution in [-0.4, -0.2) is 0 Å². The first-order chi connectivity index (χ1) is 21.3. The zero-order chi connectivity index (χ0) is 28.1. The summed E-state index contributed by atoms with van der Waals surface area (Å²) in [6.45, 7) is 0. The Balaban J connectivity index is 1.18. The van der Waals surface area contributed by atoms with Crippen LogP contribution in [0.3, 0.4) is 0 Å². The van der Waals surface area contributed by atoms with Crippen molar-refractivity contribution in [2.24, 2.45) is 0 Å². The van der Waals surface area contributed by atoms with E-state index in [2.05, 4.69) is 146 Å². The van der Waals surface area contributed by atoms with Crippen molar-refractivity contribution in [3.05, 3.63) is 146 Å². The predicted octanol–water partition coefficient (Wildman–Crippen LogP) is 12.1. The molecule has 0 atom stereocenters. The van der Waals surface area contributed by atoms with Gasteiger partial charge in [0.25, 0.3) is 0 Å². The van der Waals surface area contributed by atoms with Crippen LogP contribution in [0, 0.1) is 0 Å². The molecule has 9 aromatic carbocycles. The third-order valence-corrected chi connectivity index (χ3v) is 9.34. The summed E-state index contributed by atoms with van der Waals surface area (Å²) in [5.41, 5.74) is 6.69. The average molecular weight is 545 g/mol. The average Bonchev–Trinajstić information content (AvgIpc) is 3.44. The third-order valence-electron chi connectivity index (χ3n) is 9.34. The van der Waals surface area contributed by atoms with E-state index >= 15 is 0 Å². The lowest BCUT2D eigenvalue weighted by Gasteiger charge is -2.13. The highest BCUT2D eigenvalue weighted by Crippen LogP contribution is 2.41. The Morgan fingerprint density at radius 2 is 0.860 bits per heavy atom. The van der Waals surface area contributed by atoms with Crippen LogP contribution in [0.25, 0.3) is 98.1 Å². The highest BCUT2D eigenvalue weighted by Gasteiger charge is 2.15. The van der Waals surface area contributed by atoms with Gasteiger partial charge < -0.3 is 4.42 Å². The summed E-state index contributed by atoms with van der Waals surface area (Å²) in [4.78, 5) is 0. The van der Waals surface area contributed by atoms with E-state index in [0.717, 1.165) is 21.9 Å². The first-order valence-corrected chi connectivity index (χ1v) is 14.8. The topological polar surface area (TPSA) is 13.1 Å². The third kappa shape index (κ3) is 3.28. The standard InChI is InChI=1S/C42H24O/c1-2-9-33-28(6-1)23-36(35-11-4-3-10-34(33)35)29-17-19-40-38(24-29)37-22-27(16-18-39(37)43-40)32-20-30-14-12-25-7-5-8-26-13-15-31(21-32)42(30)41(25)26/h1-24H. The molecule has 10 rings (SSSR count). The number of hydrogen-bond acceptors (Lipinski definition) is 1. The van der Waals surface area contributed by atoms with Crippen LogP contribution in [-0.2, 0) is 0 Å². The molecule has 0 aliphatic rings. The Bertz CT molecular complexity index is 2660. The highest BCUT2D eigenvalue weighted by molar-refractivity contribution is 6.24. The fourth-order valence-corrected chi connectivity index (χ4v) is 7.34. The Kier molecular flexibility index (Phi) is 4.51. The van der Waals surface area contributed by atoms with Gasteiger partial charge >= 0.3 is 0 Å². The van der Waals surface area contributed by atoms with Gasteiger partial charge in [-0.15, -0.1) is 0 Å². The molecule has 43 heavy (non-hydrogen) atoms. The van der Waals surface area contributed by atoms with Gasteiger partial charge in [0.1, 0.15) is 11.2 Å². The Morgan fingerprint density at radius 3 is 1.60 bits per heavy atom. The van der Waals surface area contributed by atoms with E-state index in [9.17, 15) is 0 Å². The van der Waals surface area contributed by atoms with E-state index < -0.39 is 0 Å². The number of rotatable bonds is 2. The molecule has 0 fully saturated rings. The lowest BCUT2D eigenvalue weighted by Crippen LogP contribution is -1.86. The van der Waals surface area contributed by atoms with E-state index in [-0.39, 0.29) is 0 Å². The van der Waals surface area contributed by atoms with Gasteiger partial charge in [0.15, 0.2) is 0 Å². The van der Waals surface area contributed by atoms with Gasteiger partial charge in [-0.1, -0.05) is 103 Å². The summed E-state index contributed by atoms with van der Waals surface area (Å²) < 4.78 is 6.35. The number of furan rings is 1. The largest absolute Gasteiger partial charge is 0.456 e. The van der Waals surface area contributed by atoms with Gasteiger partial charge in [-0.05, 0) is 119 Å². The van der Waals surface area contributed by atoms with Gasteiger partial charge in [0.2, 0.25) is 0 Å². The highest BCUT2D eigenvalue weighted by atomic mass is 16.3. The second kappa shape index (κ2) is 8.44. The minimum absolute atomic E-state index is 0.913. The molecule has 0 saturated heterocycles. The molecule has 0 bridgehead atoms. The molecule has 0 amide bonds. The maximum atomic E-state index is 6.35. The fraction of sp³-hybridized carbons (Fsp3) is 0. The van der Waals surface area contributed by atoms with Crippen molar-refractivity contribution >= 4 is 75.8 Å². The van der Waals surface area contributed by atoms with Crippen LogP contribution >= 0.6 is 0 Å². The first-order valence-electron chi connectivity index (χ1n) is 14.8. The summed E-state index contributed by atoms with van der Waals surface area (Å²) in [7, 11) is 0. The minimum atomic E-state index is 0.913. The van der Waals surface area contributed by atoms with Crippen LogP contribution in [0.1, 0.15) is 0 Å². The zero-order valence-corrected chi connectivity index (χ0v) is 23.3. The van der Waals surface area contributed by atoms with Gasteiger partial charge in [-0.25, -0.2) is 0 Å². The molecule has 1 aromatic heterocycles. The van der Waals surface area contributed by atoms with Gasteiger partial charge in [-0.3, -0.25) is 0 Å². The zero-order valence-electron chi connectivity index (χ0n) is 23.3. The minimum Gasteiger partial charge on any atom is -0.456 e. The molecule has 1 nitrogen and oxygen atoms in total. The molecule has 198 valence electrons. The smallest absolute Gasteiger partial charge is 0.135 e. The van der Waals surface area contributed by atoms with Crippen LogP contribution in [0.2, 0.25) is 0 Å². The molecule has 0 saturated carbocycles. The molecular weight excluding hydrogens is 520 g/mol. The monoisotopic (exact) mass is 544 g/mol. The van der Waals surface area contributed by atoms with Crippen molar-refractivity contribution in [1.82, 2.24) is 0 Å². The van der Waals surface area contributed by atoms with Crippen molar-refractivity contribution in [2.45, 2.75) is 0 Å². The SMILES string of the molecule is c1ccc2c(c1)cc(-c1ccc3oc4ccc(-c5cc6ccc7cccc8ccc(c5)c6c78)cc4c3c1)c1ccccc12. The Morgan fingerprint density at radius 1 is 0.302 bits per heavy atom. The molecule has 0 radical (unpaired) electrons. The maximum absolute atomic E-state index is 6.35. The van der Waals surface area contributed by atoms with Gasteiger partial charge in [0.05, 0.1) is 0 Å². The maximum Gasteiger partial charge on any atom is 0.135 e. The van der Waals surface area contributed by atoms with Gasteiger partial charge in [0, 0.05) is 10.8 Å². The van der Waals surface area contributed by atoms with Crippen molar-refractivity contribution in [3.8, 4) is 22.3 Å². The van der Waals surface area contributed by atoms with Crippen LogP contribution < -0.4 is 0 Å². The van der Waals surface area contributed by atoms with Crippen LogP contribution in [0.15, 0.2) is 150 Å². The molecular formula is C42H24O. The number of benzene rings is 9. The lowest BCUT2D eigenvalue weighted by molar-refractivity contribution is 0.669. The summed E-state index contributed by atoms with van der Waals surface area (Å²) in [5.74, 6) is 0. The second-order valence-electron chi connectivity index (χ2n) is 11.7. The van der Waals surface area contributed by atoms with Gasteiger partial charge in [-0.2, -0.15) is 0 Å². The summed E-state index contributed by atoms with van der Waals surface area (Å²) >= 11 is 0. The quantitative estimate of drug-likeness (QED) is 0.197. The lowest BCUT2D eigenvalue weighted by atomic mass is 9.91. The Labute approximate surface area is 247 Å². The van der Waals surface area contributed by atoms with Crippen molar-refractivity contribution in [2.75, 3.05) is 0 Å². The number of fused-ring (bicyclic) bond motifs is 6. The predicted molar refractivity (Wildman–Crippen MR) is 183 cm³/mol. The fourth-order valence-electron chi connectivity index (χ4n) is 7.34. The van der Waals surface area contributed by atoms with Crippen molar-refractivity contribution in [1.29, 1.82) is 0 Å². The van der Waals surface area contributed by atoms with Crippen molar-refractivity contribution < 1.29 is 4.42 Å².